The molecule has 1 fully saturated rings. The van der Waals surface area contributed by atoms with E-state index in [1.54, 1.807) is 0 Å². The Morgan fingerprint density at radius 3 is 3.08 bits per heavy atom. The number of carbonyl (C=O) groups is 1. The molecule has 0 spiro atoms. The summed E-state index contributed by atoms with van der Waals surface area (Å²) < 4.78 is 0. The highest BCUT2D eigenvalue weighted by Gasteiger charge is 2.21. The van der Waals surface area contributed by atoms with Crippen molar-refractivity contribution in [3.8, 4) is 6.07 Å². The van der Waals surface area contributed by atoms with Crippen molar-refractivity contribution in [2.75, 3.05) is 26.2 Å². The predicted octanol–water partition coefficient (Wildman–Crippen LogP) is -1.31. The highest BCUT2D eigenvalue weighted by atomic mass is 16.3. The molecule has 5 heteroatoms. The van der Waals surface area contributed by atoms with Crippen molar-refractivity contribution in [1.82, 2.24) is 10.2 Å². The first-order valence-electron chi connectivity index (χ1n) is 4.26. The molecule has 13 heavy (non-hydrogen) atoms. The summed E-state index contributed by atoms with van der Waals surface area (Å²) in [6, 6.07) is 1.83. The third kappa shape index (κ3) is 3.40. The lowest BCUT2D eigenvalue weighted by Crippen LogP contribution is -2.36. The molecule has 1 saturated heterocycles. The minimum atomic E-state index is -0.302. The maximum Gasteiger partial charge on any atom is 0.235 e. The van der Waals surface area contributed by atoms with E-state index in [4.69, 9.17) is 10.4 Å². The molecule has 1 aliphatic heterocycles. The van der Waals surface area contributed by atoms with Gasteiger partial charge in [-0.25, -0.2) is 0 Å². The average molecular weight is 183 g/mol. The van der Waals surface area contributed by atoms with Gasteiger partial charge in [0, 0.05) is 13.1 Å². The summed E-state index contributed by atoms with van der Waals surface area (Å²) in [5.74, 6) is -0.157. The SMILES string of the molecule is N#CCNC(=O)CN1CC[C@@H](O)C1. The standard InChI is InChI=1S/C8H13N3O2/c9-2-3-10-8(13)6-11-4-1-7(12)5-11/h7,12H,1,3-6H2,(H,10,13)/t7-/m1/s1. The Morgan fingerprint density at radius 1 is 1.77 bits per heavy atom. The third-order valence-electron chi connectivity index (χ3n) is 1.98. The van der Waals surface area contributed by atoms with Crippen LogP contribution in [-0.2, 0) is 4.79 Å². The molecule has 0 saturated carbocycles. The van der Waals surface area contributed by atoms with Crippen LogP contribution < -0.4 is 5.32 Å². The Labute approximate surface area is 76.9 Å². The van der Waals surface area contributed by atoms with Gasteiger partial charge in [-0.15, -0.1) is 0 Å². The Morgan fingerprint density at radius 2 is 2.54 bits per heavy atom. The molecule has 0 aliphatic carbocycles. The maximum absolute atomic E-state index is 11.1. The summed E-state index contributed by atoms with van der Waals surface area (Å²) in [6.45, 7) is 1.63. The molecule has 1 aliphatic rings. The molecule has 0 aromatic rings. The van der Waals surface area contributed by atoms with Crippen LogP contribution in [-0.4, -0.2) is 48.2 Å². The maximum atomic E-state index is 11.1. The van der Waals surface area contributed by atoms with Gasteiger partial charge < -0.3 is 10.4 Å². The van der Waals surface area contributed by atoms with Crippen LogP contribution in [0.2, 0.25) is 0 Å². The van der Waals surface area contributed by atoms with E-state index in [0.29, 0.717) is 6.54 Å². The fraction of sp³-hybridized carbons (Fsp3) is 0.750. The monoisotopic (exact) mass is 183 g/mol. The van der Waals surface area contributed by atoms with Gasteiger partial charge in [-0.3, -0.25) is 9.69 Å². The lowest BCUT2D eigenvalue weighted by Gasteiger charge is -2.13. The molecule has 0 aromatic carbocycles. The van der Waals surface area contributed by atoms with E-state index < -0.39 is 0 Å². The van der Waals surface area contributed by atoms with E-state index in [-0.39, 0.29) is 25.1 Å². The number of nitrogens with zero attached hydrogens (tertiary/aromatic N) is 2. The Balaban J connectivity index is 2.18. The zero-order chi connectivity index (χ0) is 9.68. The number of nitrogens with one attached hydrogen (secondary N) is 1. The number of β-amino-alcohol motifs (C(OH)–C–C–N with tert-alkyl or cyclic N) is 1. The van der Waals surface area contributed by atoms with Gasteiger partial charge in [-0.1, -0.05) is 0 Å². The summed E-state index contributed by atoms with van der Waals surface area (Å²) in [6.07, 6.45) is 0.426. The number of hydrogen-bond donors (Lipinski definition) is 2. The van der Waals surface area contributed by atoms with Crippen LogP contribution >= 0.6 is 0 Å². The van der Waals surface area contributed by atoms with E-state index in [2.05, 4.69) is 5.32 Å². The van der Waals surface area contributed by atoms with Crippen LogP contribution in [0.4, 0.5) is 0 Å². The molecule has 72 valence electrons. The van der Waals surface area contributed by atoms with E-state index in [1.165, 1.54) is 0 Å². The number of likely N-dealkylation sites (tertiary alicyclic amines) is 1. The molecular formula is C8H13N3O2. The van der Waals surface area contributed by atoms with Crippen LogP contribution in [0, 0.1) is 11.3 Å². The molecule has 2 N–H and O–H groups in total. The van der Waals surface area contributed by atoms with Gasteiger partial charge in [0.1, 0.15) is 6.54 Å². The molecule has 0 bridgehead atoms. The highest BCUT2D eigenvalue weighted by Crippen LogP contribution is 2.07. The van der Waals surface area contributed by atoms with E-state index >= 15 is 0 Å². The normalized spacial score (nSPS) is 22.6. The Bertz CT molecular complexity index is 224. The zero-order valence-corrected chi connectivity index (χ0v) is 7.36. The summed E-state index contributed by atoms with van der Waals surface area (Å²) in [5, 5.41) is 19.8. The largest absolute Gasteiger partial charge is 0.392 e. The number of carbonyl (C=O) groups excluding carboxylic acids is 1. The fourth-order valence-corrected chi connectivity index (χ4v) is 1.35. The first kappa shape index (κ1) is 9.96. The van der Waals surface area contributed by atoms with Crippen molar-refractivity contribution < 1.29 is 9.90 Å². The smallest absolute Gasteiger partial charge is 0.235 e. The Hall–Kier alpha value is -1.12. The number of aliphatic hydroxyl groups excluding tert-OH is 1. The lowest BCUT2D eigenvalue weighted by atomic mass is 10.3. The van der Waals surface area contributed by atoms with Crippen LogP contribution in [0.3, 0.4) is 0 Å². The molecular weight excluding hydrogens is 170 g/mol. The number of nitriles is 1. The molecule has 1 atom stereocenters. The number of amides is 1. The highest BCUT2D eigenvalue weighted by molar-refractivity contribution is 5.78. The second-order valence-electron chi connectivity index (χ2n) is 3.11. The van der Waals surface area contributed by atoms with Gasteiger partial charge in [0.2, 0.25) is 5.91 Å². The van der Waals surface area contributed by atoms with Crippen molar-refractivity contribution in [3.05, 3.63) is 0 Å². The fourth-order valence-electron chi connectivity index (χ4n) is 1.35. The molecule has 1 amide bonds. The number of hydrogen-bond acceptors (Lipinski definition) is 4. The van der Waals surface area contributed by atoms with E-state index in [1.807, 2.05) is 11.0 Å². The van der Waals surface area contributed by atoms with Crippen molar-refractivity contribution in [1.29, 1.82) is 5.26 Å². The van der Waals surface area contributed by atoms with Gasteiger partial charge in [0.05, 0.1) is 18.7 Å². The molecule has 5 nitrogen and oxygen atoms in total. The summed E-state index contributed by atoms with van der Waals surface area (Å²) >= 11 is 0. The molecule has 0 radical (unpaired) electrons. The third-order valence-corrected chi connectivity index (χ3v) is 1.98. The molecule has 1 heterocycles. The van der Waals surface area contributed by atoms with Gasteiger partial charge >= 0.3 is 0 Å². The van der Waals surface area contributed by atoms with Gasteiger partial charge in [-0.05, 0) is 6.42 Å². The van der Waals surface area contributed by atoms with Crippen molar-refractivity contribution >= 4 is 5.91 Å². The zero-order valence-electron chi connectivity index (χ0n) is 7.36. The predicted molar refractivity (Wildman–Crippen MR) is 45.7 cm³/mol. The summed E-state index contributed by atoms with van der Waals surface area (Å²) in [7, 11) is 0. The van der Waals surface area contributed by atoms with Crippen molar-refractivity contribution in [3.63, 3.8) is 0 Å². The number of aliphatic hydroxyl groups is 1. The summed E-state index contributed by atoms with van der Waals surface area (Å²) in [4.78, 5) is 13.0. The molecule has 1 rings (SSSR count). The molecule has 0 aromatic heterocycles. The minimum absolute atomic E-state index is 0.0508. The van der Waals surface area contributed by atoms with E-state index in [9.17, 15) is 4.79 Å². The second-order valence-corrected chi connectivity index (χ2v) is 3.11. The van der Waals surface area contributed by atoms with Crippen molar-refractivity contribution in [2.45, 2.75) is 12.5 Å². The minimum Gasteiger partial charge on any atom is -0.392 e. The van der Waals surface area contributed by atoms with Crippen LogP contribution in [0.5, 0.6) is 0 Å². The lowest BCUT2D eigenvalue weighted by molar-refractivity contribution is -0.121. The van der Waals surface area contributed by atoms with Crippen molar-refractivity contribution in [2.24, 2.45) is 0 Å². The quantitative estimate of drug-likeness (QED) is 0.533. The summed E-state index contributed by atoms with van der Waals surface area (Å²) in [5.41, 5.74) is 0. The topological polar surface area (TPSA) is 76.4 Å². The van der Waals surface area contributed by atoms with Crippen LogP contribution in [0.25, 0.3) is 0 Å². The van der Waals surface area contributed by atoms with Crippen LogP contribution in [0.1, 0.15) is 6.42 Å². The second kappa shape index (κ2) is 4.80. The van der Waals surface area contributed by atoms with E-state index in [0.717, 1.165) is 13.0 Å². The first-order chi connectivity index (χ1) is 6.22. The van der Waals surface area contributed by atoms with Gasteiger partial charge in [0.15, 0.2) is 0 Å². The number of rotatable bonds is 3. The average Bonchev–Trinajstić information content (AvgIpc) is 2.48. The molecule has 0 unspecified atom stereocenters. The first-order valence-corrected chi connectivity index (χ1v) is 4.26. The Kier molecular flexibility index (Phi) is 3.68. The van der Waals surface area contributed by atoms with Gasteiger partial charge in [0.25, 0.3) is 0 Å². The van der Waals surface area contributed by atoms with Crippen LogP contribution in [0.15, 0.2) is 0 Å². The van der Waals surface area contributed by atoms with Gasteiger partial charge in [-0.2, -0.15) is 5.26 Å².